The van der Waals surface area contributed by atoms with Crippen molar-refractivity contribution in [1.82, 2.24) is 4.72 Å². The number of ketones is 1. The number of aryl methyl sites for hydroxylation is 2. The molecule has 2 aromatic carbocycles. The number of rotatable bonds is 6. The predicted octanol–water partition coefficient (Wildman–Crippen LogP) is 3.75. The molecule has 1 atom stereocenters. The van der Waals surface area contributed by atoms with Crippen molar-refractivity contribution in [3.63, 3.8) is 0 Å². The molecule has 2 N–H and O–H groups in total. The average Bonchev–Trinajstić information content (AvgIpc) is 2.96. The summed E-state index contributed by atoms with van der Waals surface area (Å²) in [6, 6.07) is 8.82. The summed E-state index contributed by atoms with van der Waals surface area (Å²) in [7, 11) is -4.99. The van der Waals surface area contributed by atoms with Gasteiger partial charge in [-0.1, -0.05) is 6.07 Å². The van der Waals surface area contributed by atoms with Gasteiger partial charge in [-0.15, -0.1) is 0 Å². The minimum Gasteiger partial charge on any atom is -0.326 e. The second-order valence-electron chi connectivity index (χ2n) is 8.48. The highest BCUT2D eigenvalue weighted by Crippen LogP contribution is 2.47. The van der Waals surface area contributed by atoms with Gasteiger partial charge in [-0.25, -0.2) is 8.42 Å². The number of carbonyl (C=O) groups is 3. The predicted molar refractivity (Wildman–Crippen MR) is 127 cm³/mol. The Balaban J connectivity index is 2.19. The molecular weight excluding hydrogens is 499 g/mol. The molecule has 0 saturated heterocycles. The molecule has 1 unspecified atom stereocenters. The number of Topliss-reactive ketones (excluding diaryl/α,β-unsaturated/α-hetero) is 1. The van der Waals surface area contributed by atoms with Crippen molar-refractivity contribution in [2.24, 2.45) is 0 Å². The van der Waals surface area contributed by atoms with E-state index in [2.05, 4.69) is 5.32 Å². The molecule has 0 aromatic heterocycles. The third-order valence-corrected chi connectivity index (χ3v) is 7.36. The van der Waals surface area contributed by atoms with Crippen molar-refractivity contribution in [3.8, 4) is 0 Å². The van der Waals surface area contributed by atoms with Crippen LogP contribution >= 0.6 is 0 Å². The molecule has 2 aromatic rings. The van der Waals surface area contributed by atoms with Gasteiger partial charge in [0.1, 0.15) is 0 Å². The first-order chi connectivity index (χ1) is 16.5. The van der Waals surface area contributed by atoms with Crippen LogP contribution in [0.1, 0.15) is 31.9 Å². The van der Waals surface area contributed by atoms with Gasteiger partial charge in [0.05, 0.1) is 10.5 Å². The standard InChI is InChI=1S/C24H24F3N3O5S/c1-13-6-9-19(12-14(13)2)30-15(3)21(16(4)31)23(22(30)33,24(25,26)27)29-36(34,35)20-10-7-18(8-11-20)28-17(5)32/h6-12,29H,1-5H3,(H,28,32). The summed E-state index contributed by atoms with van der Waals surface area (Å²) >= 11 is 0. The van der Waals surface area contributed by atoms with Crippen LogP contribution in [0, 0.1) is 13.8 Å². The Kier molecular flexibility index (Phi) is 6.90. The average molecular weight is 524 g/mol. The largest absolute Gasteiger partial charge is 0.421 e. The molecule has 0 aliphatic carbocycles. The first-order valence-corrected chi connectivity index (χ1v) is 12.1. The van der Waals surface area contributed by atoms with Gasteiger partial charge >= 0.3 is 6.18 Å². The quantitative estimate of drug-likeness (QED) is 0.599. The summed E-state index contributed by atoms with van der Waals surface area (Å²) in [4.78, 5) is 37.3. The lowest BCUT2D eigenvalue weighted by atomic mass is 9.88. The van der Waals surface area contributed by atoms with Crippen molar-refractivity contribution in [1.29, 1.82) is 0 Å². The van der Waals surface area contributed by atoms with Crippen LogP contribution in [0.25, 0.3) is 0 Å². The summed E-state index contributed by atoms with van der Waals surface area (Å²) in [5, 5.41) is 2.41. The van der Waals surface area contributed by atoms with Crippen LogP contribution in [-0.4, -0.2) is 37.7 Å². The van der Waals surface area contributed by atoms with Crippen LogP contribution in [-0.2, 0) is 24.4 Å². The maximum atomic E-state index is 14.7. The number of benzene rings is 2. The number of halogens is 3. The molecule has 0 fully saturated rings. The van der Waals surface area contributed by atoms with E-state index in [9.17, 15) is 36.0 Å². The normalized spacial score (nSPS) is 18.6. The van der Waals surface area contributed by atoms with Crippen LogP contribution in [0.15, 0.2) is 58.6 Å². The molecule has 2 amide bonds. The molecule has 0 saturated carbocycles. The zero-order valence-electron chi connectivity index (χ0n) is 20.1. The second kappa shape index (κ2) is 9.17. The zero-order valence-corrected chi connectivity index (χ0v) is 20.9. The maximum Gasteiger partial charge on any atom is 0.421 e. The van der Waals surface area contributed by atoms with E-state index in [4.69, 9.17) is 0 Å². The minimum absolute atomic E-state index is 0.0596. The van der Waals surface area contributed by atoms with E-state index >= 15 is 0 Å². The van der Waals surface area contributed by atoms with Crippen molar-refractivity contribution in [3.05, 3.63) is 64.9 Å². The van der Waals surface area contributed by atoms with Gasteiger partial charge in [-0.3, -0.25) is 19.3 Å². The van der Waals surface area contributed by atoms with Crippen LogP contribution < -0.4 is 14.9 Å². The third kappa shape index (κ3) is 4.53. The highest BCUT2D eigenvalue weighted by Gasteiger charge is 2.70. The number of hydrogen-bond donors (Lipinski definition) is 2. The van der Waals surface area contributed by atoms with E-state index in [-0.39, 0.29) is 17.1 Å². The van der Waals surface area contributed by atoms with Crippen molar-refractivity contribution in [2.75, 3.05) is 10.2 Å². The highest BCUT2D eigenvalue weighted by atomic mass is 32.2. The van der Waals surface area contributed by atoms with Crippen LogP contribution in [0.4, 0.5) is 24.5 Å². The number of hydrogen-bond acceptors (Lipinski definition) is 5. The fourth-order valence-electron chi connectivity index (χ4n) is 4.10. The number of nitrogens with one attached hydrogen (secondary N) is 2. The van der Waals surface area contributed by atoms with Gasteiger partial charge in [0.2, 0.25) is 21.5 Å². The van der Waals surface area contributed by atoms with Gasteiger partial charge in [-0.05, 0) is 75.2 Å². The number of sulfonamides is 1. The molecule has 12 heteroatoms. The lowest BCUT2D eigenvalue weighted by Crippen LogP contribution is -2.66. The van der Waals surface area contributed by atoms with E-state index in [1.54, 1.807) is 19.9 Å². The zero-order chi connectivity index (χ0) is 27.2. The molecule has 1 heterocycles. The van der Waals surface area contributed by atoms with Crippen molar-refractivity contribution < 1.29 is 36.0 Å². The van der Waals surface area contributed by atoms with Crippen LogP contribution in [0.5, 0.6) is 0 Å². The van der Waals surface area contributed by atoms with Gasteiger partial charge in [0, 0.05) is 24.0 Å². The second-order valence-corrected chi connectivity index (χ2v) is 10.2. The van der Waals surface area contributed by atoms with Crippen LogP contribution in [0.2, 0.25) is 0 Å². The molecule has 0 radical (unpaired) electrons. The molecule has 1 aliphatic heterocycles. The molecule has 0 spiro atoms. The third-order valence-electron chi connectivity index (χ3n) is 5.89. The van der Waals surface area contributed by atoms with E-state index in [1.165, 1.54) is 35.9 Å². The monoisotopic (exact) mass is 523 g/mol. The van der Waals surface area contributed by atoms with E-state index in [0.717, 1.165) is 31.5 Å². The van der Waals surface area contributed by atoms with Gasteiger partial charge < -0.3 is 5.32 Å². The Bertz CT molecular complexity index is 1400. The van der Waals surface area contributed by atoms with Gasteiger partial charge in [0.15, 0.2) is 5.78 Å². The van der Waals surface area contributed by atoms with Crippen LogP contribution in [0.3, 0.4) is 0 Å². The van der Waals surface area contributed by atoms with E-state index < -0.39 is 49.8 Å². The lowest BCUT2D eigenvalue weighted by molar-refractivity contribution is -0.183. The van der Waals surface area contributed by atoms with Gasteiger partial charge in [-0.2, -0.15) is 17.9 Å². The highest BCUT2D eigenvalue weighted by molar-refractivity contribution is 7.89. The molecule has 36 heavy (non-hydrogen) atoms. The Hall–Kier alpha value is -3.51. The number of allylic oxidation sites excluding steroid dienone is 1. The van der Waals surface area contributed by atoms with E-state index in [0.29, 0.717) is 10.5 Å². The molecular formula is C24H24F3N3O5S. The maximum absolute atomic E-state index is 14.7. The number of alkyl halides is 3. The topological polar surface area (TPSA) is 113 Å². The Morgan fingerprint density at radius 3 is 2.00 bits per heavy atom. The fraction of sp³-hybridized carbons (Fsp3) is 0.292. The number of anilines is 2. The summed E-state index contributed by atoms with van der Waals surface area (Å²) in [5.74, 6) is -3.22. The van der Waals surface area contributed by atoms with Crippen molar-refractivity contribution in [2.45, 2.75) is 51.2 Å². The first kappa shape index (κ1) is 27.1. The van der Waals surface area contributed by atoms with Gasteiger partial charge in [0.25, 0.3) is 5.91 Å². The molecule has 0 bridgehead atoms. The summed E-state index contributed by atoms with van der Waals surface area (Å²) < 4.78 is 72.0. The molecule has 192 valence electrons. The molecule has 1 aliphatic rings. The lowest BCUT2D eigenvalue weighted by Gasteiger charge is -2.33. The van der Waals surface area contributed by atoms with Crippen molar-refractivity contribution >= 4 is 39.0 Å². The first-order valence-electron chi connectivity index (χ1n) is 10.7. The summed E-state index contributed by atoms with van der Waals surface area (Å²) in [6.45, 7) is 6.71. The minimum atomic E-state index is -5.51. The SMILES string of the molecule is CC(=O)Nc1ccc(S(=O)(=O)NC2(C(F)(F)F)C(=O)N(c3ccc(C)c(C)c3)C(C)=C2C(C)=O)cc1. The number of amides is 2. The summed E-state index contributed by atoms with van der Waals surface area (Å²) in [5.41, 5.74) is -3.43. The number of nitrogens with zero attached hydrogens (tertiary/aromatic N) is 1. The molecule has 3 rings (SSSR count). The fourth-order valence-corrected chi connectivity index (χ4v) is 5.42. The summed E-state index contributed by atoms with van der Waals surface area (Å²) in [6.07, 6.45) is -5.51. The Morgan fingerprint density at radius 2 is 1.53 bits per heavy atom. The smallest absolute Gasteiger partial charge is 0.326 e. The number of carbonyl (C=O) groups excluding carboxylic acids is 3. The Morgan fingerprint density at radius 1 is 0.944 bits per heavy atom. The molecule has 8 nitrogen and oxygen atoms in total. The van der Waals surface area contributed by atoms with E-state index in [1.807, 2.05) is 0 Å². The Labute approximate surface area is 206 Å².